The molecule has 110 valence electrons. The monoisotopic (exact) mass is 279 g/mol. The summed E-state index contributed by atoms with van der Waals surface area (Å²) in [5.41, 5.74) is 1.41. The number of aliphatic carboxylic acids is 1. The van der Waals surface area contributed by atoms with Gasteiger partial charge in [0.05, 0.1) is 6.61 Å². The number of hydrogen-bond donors (Lipinski definition) is 1. The number of carboxylic acids is 1. The van der Waals surface area contributed by atoms with Gasteiger partial charge in [-0.25, -0.2) is 0 Å². The molecule has 0 spiro atoms. The number of rotatable bonds is 7. The molecule has 1 atom stereocenters. The Hall–Kier alpha value is -1.88. The van der Waals surface area contributed by atoms with Crippen LogP contribution in [-0.2, 0) is 11.3 Å². The number of ketones is 1. The highest BCUT2D eigenvalue weighted by Gasteiger charge is 2.18. The van der Waals surface area contributed by atoms with Crippen LogP contribution < -0.4 is 4.74 Å². The Balaban J connectivity index is 3.03. The summed E-state index contributed by atoms with van der Waals surface area (Å²) in [5.74, 6) is -0.224. The van der Waals surface area contributed by atoms with Gasteiger partial charge in [0, 0.05) is 17.7 Å². The lowest BCUT2D eigenvalue weighted by Gasteiger charge is -2.22. The number of Topliss-reactive ketones (excluding diaryl/α,β-unsaturated/α-hetero) is 1. The molecule has 0 radical (unpaired) electrons. The van der Waals surface area contributed by atoms with Gasteiger partial charge in [0.15, 0.2) is 5.78 Å². The summed E-state index contributed by atoms with van der Waals surface area (Å²) < 4.78 is 5.53. The van der Waals surface area contributed by atoms with Crippen molar-refractivity contribution >= 4 is 11.8 Å². The zero-order valence-corrected chi connectivity index (χ0v) is 12.3. The summed E-state index contributed by atoms with van der Waals surface area (Å²) >= 11 is 0. The lowest BCUT2D eigenvalue weighted by molar-refractivity contribution is -0.142. The van der Waals surface area contributed by atoms with Crippen molar-refractivity contribution in [1.29, 1.82) is 0 Å². The van der Waals surface area contributed by atoms with Crippen molar-refractivity contribution in [2.45, 2.75) is 33.4 Å². The van der Waals surface area contributed by atoms with Crippen LogP contribution in [0.3, 0.4) is 0 Å². The molecule has 1 N–H and O–H groups in total. The second-order valence-electron chi connectivity index (χ2n) is 4.74. The van der Waals surface area contributed by atoms with Gasteiger partial charge in [-0.05, 0) is 46.0 Å². The van der Waals surface area contributed by atoms with Crippen LogP contribution in [0.1, 0.15) is 36.7 Å². The number of carbonyl (C=O) groups excluding carboxylic acids is 1. The highest BCUT2D eigenvalue weighted by molar-refractivity contribution is 5.94. The fraction of sp³-hybridized carbons (Fsp3) is 0.467. The van der Waals surface area contributed by atoms with Crippen LogP contribution >= 0.6 is 0 Å². The molecular weight excluding hydrogens is 258 g/mol. The maximum Gasteiger partial charge on any atom is 0.320 e. The van der Waals surface area contributed by atoms with Gasteiger partial charge in [-0.1, -0.05) is 0 Å². The minimum atomic E-state index is -0.881. The first-order chi connectivity index (χ1) is 9.36. The zero-order valence-electron chi connectivity index (χ0n) is 12.3. The number of hydrogen-bond acceptors (Lipinski definition) is 4. The summed E-state index contributed by atoms with van der Waals surface area (Å²) in [5, 5.41) is 9.02. The summed E-state index contributed by atoms with van der Waals surface area (Å²) in [7, 11) is 1.73. The van der Waals surface area contributed by atoms with E-state index in [1.54, 1.807) is 37.1 Å². The lowest BCUT2D eigenvalue weighted by atomic mass is 10.1. The average Bonchev–Trinajstić information content (AvgIpc) is 2.39. The third kappa shape index (κ3) is 4.06. The third-order valence-corrected chi connectivity index (χ3v) is 3.21. The first-order valence-electron chi connectivity index (χ1n) is 6.56. The van der Waals surface area contributed by atoms with Crippen molar-refractivity contribution in [3.63, 3.8) is 0 Å². The fourth-order valence-corrected chi connectivity index (χ4v) is 1.81. The lowest BCUT2D eigenvalue weighted by Crippen LogP contribution is -2.35. The molecule has 1 rings (SSSR count). The van der Waals surface area contributed by atoms with E-state index in [-0.39, 0.29) is 5.78 Å². The van der Waals surface area contributed by atoms with Crippen LogP contribution in [0.15, 0.2) is 18.2 Å². The highest BCUT2D eigenvalue weighted by Crippen LogP contribution is 2.22. The second-order valence-corrected chi connectivity index (χ2v) is 4.74. The van der Waals surface area contributed by atoms with Crippen molar-refractivity contribution in [2.75, 3.05) is 13.7 Å². The second kappa shape index (κ2) is 7.05. The van der Waals surface area contributed by atoms with Gasteiger partial charge < -0.3 is 9.84 Å². The molecule has 0 heterocycles. The maximum atomic E-state index is 11.4. The van der Waals surface area contributed by atoms with Gasteiger partial charge in [0.1, 0.15) is 11.8 Å². The van der Waals surface area contributed by atoms with Crippen LogP contribution in [0.5, 0.6) is 5.75 Å². The van der Waals surface area contributed by atoms with E-state index in [9.17, 15) is 9.59 Å². The van der Waals surface area contributed by atoms with Crippen LogP contribution in [0.4, 0.5) is 0 Å². The van der Waals surface area contributed by atoms with Crippen LogP contribution in [0.2, 0.25) is 0 Å². The third-order valence-electron chi connectivity index (χ3n) is 3.21. The van der Waals surface area contributed by atoms with Crippen LogP contribution in [-0.4, -0.2) is 41.5 Å². The molecule has 0 bridgehead atoms. The minimum Gasteiger partial charge on any atom is -0.494 e. The topological polar surface area (TPSA) is 66.8 Å². The Bertz CT molecular complexity index is 499. The molecule has 5 nitrogen and oxygen atoms in total. The predicted molar refractivity (Wildman–Crippen MR) is 76.2 cm³/mol. The largest absolute Gasteiger partial charge is 0.494 e. The SMILES string of the molecule is CCOc1ccc(C(C)=O)cc1CN(C)C(C)C(=O)O. The Labute approximate surface area is 119 Å². The normalized spacial score (nSPS) is 12.2. The molecule has 0 fully saturated rings. The summed E-state index contributed by atoms with van der Waals surface area (Å²) in [6.45, 7) is 5.93. The smallest absolute Gasteiger partial charge is 0.320 e. The molecule has 1 unspecified atom stereocenters. The van der Waals surface area contributed by atoms with E-state index in [1.807, 2.05) is 6.92 Å². The van der Waals surface area contributed by atoms with Crippen molar-refractivity contribution in [3.05, 3.63) is 29.3 Å². The molecule has 0 amide bonds. The molecule has 5 heteroatoms. The van der Waals surface area contributed by atoms with E-state index in [0.717, 1.165) is 5.56 Å². The van der Waals surface area contributed by atoms with Crippen molar-refractivity contribution < 1.29 is 19.4 Å². The van der Waals surface area contributed by atoms with Crippen LogP contribution in [0.25, 0.3) is 0 Å². The number of ether oxygens (including phenoxy) is 1. The Morgan fingerprint density at radius 3 is 2.55 bits per heavy atom. The molecule has 1 aromatic carbocycles. The van der Waals surface area contributed by atoms with E-state index in [2.05, 4.69) is 0 Å². The Morgan fingerprint density at radius 1 is 1.40 bits per heavy atom. The molecule has 0 aliphatic rings. The molecular formula is C15H21NO4. The van der Waals surface area contributed by atoms with Gasteiger partial charge in [0.2, 0.25) is 0 Å². The Kier molecular flexibility index (Phi) is 5.70. The van der Waals surface area contributed by atoms with Gasteiger partial charge in [0.25, 0.3) is 0 Å². The minimum absolute atomic E-state index is 0.0248. The highest BCUT2D eigenvalue weighted by atomic mass is 16.5. The maximum absolute atomic E-state index is 11.4. The number of carboxylic acid groups (broad SMARTS) is 1. The standard InChI is InChI=1S/C15H21NO4/c1-5-20-14-7-6-12(11(3)17)8-13(14)9-16(4)10(2)15(18)19/h6-8,10H,5,9H2,1-4H3,(H,18,19). The first kappa shape index (κ1) is 16.2. The summed E-state index contributed by atoms with van der Waals surface area (Å²) in [4.78, 5) is 24.1. The molecule has 20 heavy (non-hydrogen) atoms. The van der Waals surface area contributed by atoms with Gasteiger partial charge in [-0.2, -0.15) is 0 Å². The number of benzene rings is 1. The molecule has 1 aromatic rings. The first-order valence-corrected chi connectivity index (χ1v) is 6.56. The molecule has 0 saturated heterocycles. The van der Waals surface area contributed by atoms with E-state index in [0.29, 0.717) is 24.5 Å². The molecule has 0 aromatic heterocycles. The fourth-order valence-electron chi connectivity index (χ4n) is 1.81. The van der Waals surface area contributed by atoms with Crippen LogP contribution in [0, 0.1) is 0 Å². The summed E-state index contributed by atoms with van der Waals surface area (Å²) in [6, 6.07) is 4.63. The molecule has 0 saturated carbocycles. The van der Waals surface area contributed by atoms with Crippen molar-refractivity contribution in [3.8, 4) is 5.75 Å². The number of likely N-dealkylation sites (N-methyl/N-ethyl adjacent to an activating group) is 1. The zero-order chi connectivity index (χ0) is 15.3. The van der Waals surface area contributed by atoms with Crippen molar-refractivity contribution in [2.24, 2.45) is 0 Å². The van der Waals surface area contributed by atoms with Crippen molar-refractivity contribution in [1.82, 2.24) is 4.90 Å². The number of nitrogens with zero attached hydrogens (tertiary/aromatic N) is 1. The quantitative estimate of drug-likeness (QED) is 0.775. The predicted octanol–water partition coefficient (Wildman–Crippen LogP) is 2.19. The van der Waals surface area contributed by atoms with Gasteiger partial charge in [-0.3, -0.25) is 14.5 Å². The van der Waals surface area contributed by atoms with Gasteiger partial charge >= 0.3 is 5.97 Å². The molecule has 0 aliphatic carbocycles. The summed E-state index contributed by atoms with van der Waals surface area (Å²) in [6.07, 6.45) is 0. The Morgan fingerprint density at radius 2 is 2.05 bits per heavy atom. The average molecular weight is 279 g/mol. The van der Waals surface area contributed by atoms with Gasteiger partial charge in [-0.15, -0.1) is 0 Å². The van der Waals surface area contributed by atoms with E-state index in [4.69, 9.17) is 9.84 Å². The molecule has 0 aliphatic heterocycles. The van der Waals surface area contributed by atoms with E-state index in [1.165, 1.54) is 6.92 Å². The van der Waals surface area contributed by atoms with E-state index < -0.39 is 12.0 Å². The van der Waals surface area contributed by atoms with E-state index >= 15 is 0 Å². The number of carbonyl (C=O) groups is 2.